The van der Waals surface area contributed by atoms with Crippen molar-refractivity contribution >= 4 is 40.7 Å². The maximum atomic E-state index is 13.6. The third-order valence-corrected chi connectivity index (χ3v) is 4.14. The number of phenols is 1. The summed E-state index contributed by atoms with van der Waals surface area (Å²) in [6.45, 7) is 1.48. The highest BCUT2D eigenvalue weighted by Crippen LogP contribution is 2.47. The second-order valence-electron chi connectivity index (χ2n) is 4.74. The fourth-order valence-electron chi connectivity index (χ4n) is 2.48. The molecule has 1 aromatic rings. The van der Waals surface area contributed by atoms with Crippen molar-refractivity contribution < 1.29 is 23.0 Å². The predicted molar refractivity (Wildman–Crippen MR) is 90.1 cm³/mol. The summed E-state index contributed by atoms with van der Waals surface area (Å²) in [7, 11) is 1.31. The number of benzene rings is 1. The summed E-state index contributed by atoms with van der Waals surface area (Å²) in [5.74, 6) is -0.453. The number of ether oxygens (including phenoxy) is 1. The summed E-state index contributed by atoms with van der Waals surface area (Å²) in [5, 5.41) is 13.2. The maximum Gasteiger partial charge on any atom is 0.408 e. The summed E-state index contributed by atoms with van der Waals surface area (Å²) in [6, 6.07) is 1.01. The number of rotatable bonds is 3. The third-order valence-electron chi connectivity index (χ3n) is 3.45. The van der Waals surface area contributed by atoms with Crippen LogP contribution in [0.4, 0.5) is 13.2 Å². The Morgan fingerprint density at radius 3 is 2.30 bits per heavy atom. The topological polar surface area (TPSA) is 44.7 Å². The van der Waals surface area contributed by atoms with Crippen molar-refractivity contribution in [1.82, 2.24) is 10.2 Å². The SMILES string of the molecule is COc1ccc(Br)c([C@@H](N2CCNCC2)C(F)(F)F)c1O.Cl.Cl. The molecule has 1 heterocycles. The van der Waals surface area contributed by atoms with Gasteiger partial charge < -0.3 is 15.2 Å². The largest absolute Gasteiger partial charge is 0.504 e. The number of methoxy groups -OCH3 is 1. The van der Waals surface area contributed by atoms with Gasteiger partial charge in [0.15, 0.2) is 11.5 Å². The van der Waals surface area contributed by atoms with E-state index in [2.05, 4.69) is 21.2 Å². The van der Waals surface area contributed by atoms with E-state index < -0.39 is 18.0 Å². The van der Waals surface area contributed by atoms with Crippen molar-refractivity contribution in [3.05, 3.63) is 22.2 Å². The van der Waals surface area contributed by atoms with Crippen molar-refractivity contribution in [2.75, 3.05) is 33.3 Å². The van der Waals surface area contributed by atoms with Gasteiger partial charge in [0.1, 0.15) is 6.04 Å². The minimum absolute atomic E-state index is 0. The fraction of sp³-hybridized carbons (Fsp3) is 0.538. The molecule has 0 aliphatic carbocycles. The number of hydrogen-bond donors (Lipinski definition) is 2. The van der Waals surface area contributed by atoms with E-state index in [1.54, 1.807) is 0 Å². The van der Waals surface area contributed by atoms with Crippen LogP contribution in [-0.2, 0) is 0 Å². The highest BCUT2D eigenvalue weighted by molar-refractivity contribution is 9.10. The van der Waals surface area contributed by atoms with E-state index in [0.29, 0.717) is 13.1 Å². The molecule has 1 saturated heterocycles. The molecule has 2 N–H and O–H groups in total. The number of piperazine rings is 1. The minimum Gasteiger partial charge on any atom is -0.504 e. The number of nitrogens with zero attached hydrogens (tertiary/aromatic N) is 1. The third kappa shape index (κ3) is 5.03. The van der Waals surface area contributed by atoms with Crippen molar-refractivity contribution in [3.8, 4) is 11.5 Å². The van der Waals surface area contributed by atoms with Gasteiger partial charge in [-0.1, -0.05) is 15.9 Å². The van der Waals surface area contributed by atoms with Crippen LogP contribution in [0, 0.1) is 0 Å². The average Bonchev–Trinajstić information content (AvgIpc) is 2.43. The monoisotopic (exact) mass is 440 g/mol. The summed E-state index contributed by atoms with van der Waals surface area (Å²) in [5.41, 5.74) is -0.205. The molecule has 0 aromatic heterocycles. The van der Waals surface area contributed by atoms with Crippen LogP contribution in [0.25, 0.3) is 0 Å². The second kappa shape index (κ2) is 9.17. The molecule has 10 heteroatoms. The normalized spacial score (nSPS) is 16.9. The molecular weight excluding hydrogens is 424 g/mol. The Kier molecular flexibility index (Phi) is 9.01. The zero-order chi connectivity index (χ0) is 15.6. The predicted octanol–water partition coefficient (Wildman–Crippen LogP) is 3.52. The number of aromatic hydroxyl groups is 1. The van der Waals surface area contributed by atoms with Crippen LogP contribution in [-0.4, -0.2) is 49.5 Å². The van der Waals surface area contributed by atoms with E-state index in [-0.39, 0.29) is 53.7 Å². The van der Waals surface area contributed by atoms with E-state index in [1.165, 1.54) is 24.1 Å². The molecule has 1 atom stereocenters. The lowest BCUT2D eigenvalue weighted by atomic mass is 10.0. The molecule has 4 nitrogen and oxygen atoms in total. The Bertz CT molecular complexity index is 515. The highest BCUT2D eigenvalue weighted by atomic mass is 79.9. The van der Waals surface area contributed by atoms with Gasteiger partial charge in [-0.25, -0.2) is 0 Å². The van der Waals surface area contributed by atoms with E-state index in [9.17, 15) is 18.3 Å². The molecule has 0 amide bonds. The lowest BCUT2D eigenvalue weighted by Gasteiger charge is -2.36. The second-order valence-corrected chi connectivity index (χ2v) is 5.60. The van der Waals surface area contributed by atoms with Gasteiger partial charge >= 0.3 is 6.18 Å². The lowest BCUT2D eigenvalue weighted by Crippen LogP contribution is -2.49. The molecule has 0 saturated carbocycles. The number of halogens is 6. The van der Waals surface area contributed by atoms with Crippen LogP contribution in [0.15, 0.2) is 16.6 Å². The molecule has 1 aliphatic rings. The Morgan fingerprint density at radius 2 is 1.83 bits per heavy atom. The van der Waals surface area contributed by atoms with Gasteiger partial charge in [-0.15, -0.1) is 24.8 Å². The molecule has 2 rings (SSSR count). The summed E-state index contributed by atoms with van der Waals surface area (Å²) < 4.78 is 45.8. The van der Waals surface area contributed by atoms with Gasteiger partial charge in [0.05, 0.1) is 7.11 Å². The molecule has 0 spiro atoms. The van der Waals surface area contributed by atoms with Crippen LogP contribution < -0.4 is 10.1 Å². The number of phenolic OH excluding ortho intramolecular Hbond substituents is 1. The molecular formula is C13H18BrCl2F3N2O2. The minimum atomic E-state index is -4.50. The Hall–Kier alpha value is -0.410. The number of alkyl halides is 3. The van der Waals surface area contributed by atoms with Gasteiger partial charge in [-0.2, -0.15) is 13.2 Å². The van der Waals surface area contributed by atoms with Crippen molar-refractivity contribution in [2.45, 2.75) is 12.2 Å². The molecule has 0 radical (unpaired) electrons. The van der Waals surface area contributed by atoms with Crippen molar-refractivity contribution in [1.29, 1.82) is 0 Å². The van der Waals surface area contributed by atoms with Gasteiger partial charge in [0, 0.05) is 36.2 Å². The van der Waals surface area contributed by atoms with E-state index in [1.807, 2.05) is 0 Å². The van der Waals surface area contributed by atoms with Gasteiger partial charge in [0.25, 0.3) is 0 Å². The first-order valence-electron chi connectivity index (χ1n) is 6.43. The van der Waals surface area contributed by atoms with Gasteiger partial charge in [-0.05, 0) is 12.1 Å². The van der Waals surface area contributed by atoms with Crippen LogP contribution in [0.1, 0.15) is 11.6 Å². The summed E-state index contributed by atoms with van der Waals surface area (Å²) in [6.07, 6.45) is -4.50. The number of nitrogens with one attached hydrogen (secondary N) is 1. The lowest BCUT2D eigenvalue weighted by molar-refractivity contribution is -0.188. The van der Waals surface area contributed by atoms with E-state index in [4.69, 9.17) is 4.74 Å². The molecule has 0 unspecified atom stereocenters. The van der Waals surface area contributed by atoms with Crippen LogP contribution in [0.3, 0.4) is 0 Å². The first kappa shape index (κ1) is 22.6. The average molecular weight is 442 g/mol. The van der Waals surface area contributed by atoms with E-state index >= 15 is 0 Å². The zero-order valence-electron chi connectivity index (χ0n) is 12.2. The quantitative estimate of drug-likeness (QED) is 0.753. The Morgan fingerprint density at radius 1 is 1.26 bits per heavy atom. The first-order chi connectivity index (χ1) is 9.86. The van der Waals surface area contributed by atoms with Gasteiger partial charge in [-0.3, -0.25) is 4.90 Å². The first-order valence-corrected chi connectivity index (χ1v) is 7.22. The molecule has 23 heavy (non-hydrogen) atoms. The smallest absolute Gasteiger partial charge is 0.408 e. The maximum absolute atomic E-state index is 13.6. The molecule has 134 valence electrons. The molecule has 1 aromatic carbocycles. The molecule has 0 bridgehead atoms. The molecule has 1 fully saturated rings. The summed E-state index contributed by atoms with van der Waals surface area (Å²) in [4.78, 5) is 1.32. The van der Waals surface area contributed by atoms with E-state index in [0.717, 1.165) is 0 Å². The highest BCUT2D eigenvalue weighted by Gasteiger charge is 2.47. The number of hydrogen-bond acceptors (Lipinski definition) is 4. The zero-order valence-corrected chi connectivity index (χ0v) is 15.4. The van der Waals surface area contributed by atoms with Crippen LogP contribution >= 0.6 is 40.7 Å². The van der Waals surface area contributed by atoms with Crippen LogP contribution in [0.2, 0.25) is 0 Å². The Labute approximate surface area is 153 Å². The Balaban J connectivity index is 0.00000242. The van der Waals surface area contributed by atoms with Crippen LogP contribution in [0.5, 0.6) is 11.5 Å². The fourth-order valence-corrected chi connectivity index (χ4v) is 3.02. The molecule has 1 aliphatic heterocycles. The van der Waals surface area contributed by atoms with Gasteiger partial charge in [0.2, 0.25) is 0 Å². The van der Waals surface area contributed by atoms with Crippen molar-refractivity contribution in [3.63, 3.8) is 0 Å². The summed E-state index contributed by atoms with van der Waals surface area (Å²) >= 11 is 3.11. The standard InChI is InChI=1S/C13H16BrF3N2O2.2ClH/c1-21-9-3-2-8(14)10(11(9)20)12(13(15,16)17)19-6-4-18-5-7-19;;/h2-3,12,18,20H,4-7H2,1H3;2*1H/t12-;;/m1../s1. The van der Waals surface area contributed by atoms with Crippen molar-refractivity contribution in [2.24, 2.45) is 0 Å².